The molecule has 40 heavy (non-hydrogen) atoms. The van der Waals surface area contributed by atoms with E-state index in [4.69, 9.17) is 5.11 Å². The molecule has 1 aromatic heterocycles. The van der Waals surface area contributed by atoms with Crippen molar-refractivity contribution in [2.24, 2.45) is 0 Å². The number of aliphatic hydroxyl groups is 1. The fourth-order valence-electron chi connectivity index (χ4n) is 4.90. The van der Waals surface area contributed by atoms with Crippen LogP contribution in [0.4, 0.5) is 0 Å². The van der Waals surface area contributed by atoms with Crippen molar-refractivity contribution in [1.29, 1.82) is 0 Å². The van der Waals surface area contributed by atoms with Gasteiger partial charge in [-0.05, 0) is 25.5 Å². The minimum Gasteiger partial charge on any atom is -0.744 e. The highest BCUT2D eigenvalue weighted by Gasteiger charge is 2.13. The second kappa shape index (κ2) is 23.3. The number of hydrogen-bond donors (Lipinski definition) is 1. The van der Waals surface area contributed by atoms with Gasteiger partial charge in [0, 0.05) is 26.4 Å². The van der Waals surface area contributed by atoms with Crippen LogP contribution < -0.4 is 4.57 Å². The lowest BCUT2D eigenvalue weighted by Crippen LogP contribution is -2.34. The summed E-state index contributed by atoms with van der Waals surface area (Å²) in [6, 6.07) is 5.78. The van der Waals surface area contributed by atoms with Gasteiger partial charge in [-0.15, -0.1) is 0 Å². The highest BCUT2D eigenvalue weighted by molar-refractivity contribution is 7.85. The van der Waals surface area contributed by atoms with Crippen LogP contribution in [-0.4, -0.2) is 24.7 Å². The number of rotatable bonds is 22. The van der Waals surface area contributed by atoms with Gasteiger partial charge < -0.3 is 9.66 Å². The van der Waals surface area contributed by atoms with Gasteiger partial charge in [0.15, 0.2) is 5.69 Å². The molecular formula is C33H57NO4S2. The third-order valence-electron chi connectivity index (χ3n) is 7.56. The summed E-state index contributed by atoms with van der Waals surface area (Å²) in [7, 11) is -4.27. The maximum atomic E-state index is 10.4. The highest BCUT2D eigenvalue weighted by atomic mass is 32.2. The SMILES string of the molecule is CCCCCCCCCCCCCCCCCCCC[n+]1csc(CCO)c1C.Cc1ccc(S(=O)(=O)[O-])cc1. The Bertz CT molecular complexity index is 971. The highest BCUT2D eigenvalue weighted by Crippen LogP contribution is 2.15. The topological polar surface area (TPSA) is 81.3 Å². The van der Waals surface area contributed by atoms with E-state index in [1.165, 1.54) is 138 Å². The van der Waals surface area contributed by atoms with Gasteiger partial charge in [-0.1, -0.05) is 139 Å². The van der Waals surface area contributed by atoms with Crippen molar-refractivity contribution in [1.82, 2.24) is 0 Å². The van der Waals surface area contributed by atoms with Gasteiger partial charge in [-0.25, -0.2) is 8.42 Å². The number of thiazole rings is 1. The quantitative estimate of drug-likeness (QED) is 0.0838. The first-order chi connectivity index (χ1) is 19.3. The van der Waals surface area contributed by atoms with Crippen molar-refractivity contribution < 1.29 is 22.6 Å². The van der Waals surface area contributed by atoms with E-state index in [0.29, 0.717) is 0 Å². The summed E-state index contributed by atoms with van der Waals surface area (Å²) < 4.78 is 33.5. The van der Waals surface area contributed by atoms with Crippen molar-refractivity contribution in [2.75, 3.05) is 6.61 Å². The molecule has 0 saturated heterocycles. The number of aryl methyl sites for hydroxylation is 2. The maximum Gasteiger partial charge on any atom is 0.225 e. The number of unbranched alkanes of at least 4 members (excludes halogenated alkanes) is 17. The Morgan fingerprint density at radius 1 is 0.725 bits per heavy atom. The molecule has 2 aromatic rings. The van der Waals surface area contributed by atoms with Crippen LogP contribution in [-0.2, 0) is 23.1 Å². The van der Waals surface area contributed by atoms with Crippen molar-refractivity contribution in [2.45, 2.75) is 154 Å². The Hall–Kier alpha value is -1.28. The van der Waals surface area contributed by atoms with E-state index in [1.807, 2.05) is 6.92 Å². The van der Waals surface area contributed by atoms with Crippen LogP contribution in [0.5, 0.6) is 0 Å². The summed E-state index contributed by atoms with van der Waals surface area (Å²) in [5.41, 5.74) is 4.52. The van der Waals surface area contributed by atoms with E-state index in [1.54, 1.807) is 23.5 Å². The van der Waals surface area contributed by atoms with E-state index in [9.17, 15) is 13.0 Å². The van der Waals surface area contributed by atoms with Crippen molar-refractivity contribution >= 4 is 21.5 Å². The van der Waals surface area contributed by atoms with E-state index in [0.717, 1.165) is 18.5 Å². The largest absolute Gasteiger partial charge is 0.744 e. The molecule has 0 radical (unpaired) electrons. The third-order valence-corrected chi connectivity index (χ3v) is 9.55. The van der Waals surface area contributed by atoms with E-state index in [2.05, 4.69) is 23.9 Å². The summed E-state index contributed by atoms with van der Waals surface area (Å²) in [5, 5.41) is 9.09. The zero-order valence-electron chi connectivity index (χ0n) is 25.7. The Labute approximate surface area is 250 Å². The molecular weight excluding hydrogens is 539 g/mol. The number of aliphatic hydroxyl groups excluding tert-OH is 1. The standard InChI is InChI=1S/C26H50NOS.C7H8O3S/c1-3-4-5-6-7-8-9-10-11-12-13-14-15-16-17-18-19-20-22-27-24-29-26(21-23-28)25(27)2;1-6-2-4-7(5-3-6)11(8,9)10/h24,28H,3-23H2,1-2H3;2-5H,1H3,(H,8,9,10)/q+1;/p-1. The minimum absolute atomic E-state index is 0.178. The van der Waals surface area contributed by atoms with Crippen LogP contribution in [0.2, 0.25) is 0 Å². The second-order valence-electron chi connectivity index (χ2n) is 11.2. The summed E-state index contributed by atoms with van der Waals surface area (Å²) in [6.07, 6.45) is 26.6. The predicted octanol–water partition coefficient (Wildman–Crippen LogP) is 8.82. The lowest BCUT2D eigenvalue weighted by atomic mass is 10.0. The predicted molar refractivity (Wildman–Crippen MR) is 168 cm³/mol. The minimum atomic E-state index is -4.27. The van der Waals surface area contributed by atoms with Crippen molar-refractivity contribution in [3.05, 3.63) is 45.9 Å². The summed E-state index contributed by atoms with van der Waals surface area (Å²) in [4.78, 5) is 1.16. The lowest BCUT2D eigenvalue weighted by Gasteiger charge is -2.05. The van der Waals surface area contributed by atoms with E-state index in [-0.39, 0.29) is 11.5 Å². The number of nitrogens with zero attached hydrogens (tertiary/aromatic N) is 1. The molecule has 0 unspecified atom stereocenters. The molecule has 0 aliphatic rings. The number of benzene rings is 1. The first-order valence-corrected chi connectivity index (χ1v) is 18.2. The van der Waals surface area contributed by atoms with Gasteiger partial charge >= 0.3 is 0 Å². The van der Waals surface area contributed by atoms with Gasteiger partial charge in [-0.3, -0.25) is 0 Å². The molecule has 0 fully saturated rings. The normalized spacial score (nSPS) is 11.4. The lowest BCUT2D eigenvalue weighted by molar-refractivity contribution is -0.698. The van der Waals surface area contributed by atoms with Gasteiger partial charge in [0.1, 0.15) is 16.7 Å². The molecule has 0 bridgehead atoms. The Morgan fingerprint density at radius 2 is 1.15 bits per heavy atom. The average Bonchev–Trinajstić information content (AvgIpc) is 3.27. The molecule has 0 amide bonds. The monoisotopic (exact) mass is 595 g/mol. The summed E-state index contributed by atoms with van der Waals surface area (Å²) >= 11 is 1.79. The molecule has 1 N–H and O–H groups in total. The van der Waals surface area contributed by atoms with E-state index < -0.39 is 10.1 Å². The average molecular weight is 596 g/mol. The zero-order chi connectivity index (χ0) is 29.5. The Morgan fingerprint density at radius 3 is 1.55 bits per heavy atom. The van der Waals surface area contributed by atoms with Crippen LogP contribution >= 0.6 is 11.3 Å². The van der Waals surface area contributed by atoms with Crippen molar-refractivity contribution in [3.63, 3.8) is 0 Å². The van der Waals surface area contributed by atoms with Gasteiger partial charge in [0.05, 0.1) is 9.77 Å². The fraction of sp³-hybridized carbons (Fsp3) is 0.727. The molecule has 230 valence electrons. The van der Waals surface area contributed by atoms with E-state index >= 15 is 0 Å². The molecule has 2 rings (SSSR count). The molecule has 0 spiro atoms. The molecule has 0 saturated carbocycles. The first kappa shape index (κ1) is 36.7. The zero-order valence-corrected chi connectivity index (χ0v) is 27.3. The van der Waals surface area contributed by atoms with Gasteiger partial charge in [-0.2, -0.15) is 4.57 Å². The first-order valence-electron chi connectivity index (χ1n) is 15.9. The number of aromatic nitrogens is 1. The molecule has 1 heterocycles. The smallest absolute Gasteiger partial charge is 0.225 e. The molecule has 0 aliphatic carbocycles. The molecule has 0 aliphatic heterocycles. The molecule has 7 heteroatoms. The van der Waals surface area contributed by atoms with Crippen LogP contribution in [0.3, 0.4) is 0 Å². The van der Waals surface area contributed by atoms with Crippen LogP contribution in [0.25, 0.3) is 0 Å². The van der Waals surface area contributed by atoms with Crippen LogP contribution in [0, 0.1) is 13.8 Å². The summed E-state index contributed by atoms with van der Waals surface area (Å²) in [6.45, 7) is 7.72. The molecule has 1 aromatic carbocycles. The van der Waals surface area contributed by atoms with Gasteiger partial charge in [0.2, 0.25) is 5.51 Å². The molecule has 5 nitrogen and oxygen atoms in total. The van der Waals surface area contributed by atoms with Crippen LogP contribution in [0.1, 0.15) is 139 Å². The Balaban J connectivity index is 0.000000603. The maximum absolute atomic E-state index is 10.4. The summed E-state index contributed by atoms with van der Waals surface area (Å²) in [5.74, 6) is 0. The van der Waals surface area contributed by atoms with Crippen molar-refractivity contribution in [3.8, 4) is 0 Å². The fourth-order valence-corrected chi connectivity index (χ4v) is 6.39. The van der Waals surface area contributed by atoms with Gasteiger partial charge in [0.25, 0.3) is 0 Å². The Kier molecular flexibility index (Phi) is 21.4. The second-order valence-corrected chi connectivity index (χ2v) is 13.5. The third kappa shape index (κ3) is 18.2. The molecule has 0 atom stereocenters. The number of hydrogen-bond acceptors (Lipinski definition) is 5. The van der Waals surface area contributed by atoms with Crippen LogP contribution in [0.15, 0.2) is 34.7 Å².